The van der Waals surface area contributed by atoms with E-state index in [1.807, 2.05) is 68.4 Å². The molecule has 5 heteroatoms. The van der Waals surface area contributed by atoms with Crippen LogP contribution >= 0.6 is 0 Å². The van der Waals surface area contributed by atoms with Crippen molar-refractivity contribution in [3.8, 4) is 0 Å². The molecular weight excluding hydrogens is 460 g/mol. The Morgan fingerprint density at radius 3 is 1.86 bits per heavy atom. The molecule has 0 aromatic heterocycles. The Kier molecular flexibility index (Phi) is 7.08. The molecule has 2 N–H and O–H groups in total. The molecule has 0 spiro atoms. The van der Waals surface area contributed by atoms with Crippen molar-refractivity contribution in [2.75, 3.05) is 18.4 Å². The first kappa shape index (κ1) is 24.8. The SMILES string of the molecule is Cc1cc(NC(=O)OCc2ccccc2)cc(C)c1C1(O)CN(C(c2ccccc2)c2ccccc2)C1. The zero-order chi connectivity index (χ0) is 25.8. The van der Waals surface area contributed by atoms with Crippen LogP contribution < -0.4 is 5.32 Å². The molecule has 5 rings (SSSR count). The molecule has 1 fully saturated rings. The van der Waals surface area contributed by atoms with Gasteiger partial charge in [0.25, 0.3) is 0 Å². The maximum atomic E-state index is 12.4. The number of carbonyl (C=O) groups excluding carboxylic acids is 1. The first-order valence-corrected chi connectivity index (χ1v) is 12.6. The van der Waals surface area contributed by atoms with Crippen LogP contribution in [0.15, 0.2) is 103 Å². The summed E-state index contributed by atoms with van der Waals surface area (Å²) in [5, 5.41) is 14.5. The van der Waals surface area contributed by atoms with Crippen molar-refractivity contribution in [1.82, 2.24) is 4.90 Å². The second kappa shape index (κ2) is 10.6. The molecule has 0 radical (unpaired) electrons. The van der Waals surface area contributed by atoms with Gasteiger partial charge in [0.2, 0.25) is 0 Å². The van der Waals surface area contributed by atoms with Gasteiger partial charge in [0.05, 0.1) is 6.04 Å². The molecule has 0 bridgehead atoms. The van der Waals surface area contributed by atoms with E-state index in [2.05, 4.69) is 58.7 Å². The van der Waals surface area contributed by atoms with Crippen molar-refractivity contribution in [2.45, 2.75) is 32.1 Å². The Morgan fingerprint density at radius 2 is 1.35 bits per heavy atom. The number of ether oxygens (including phenoxy) is 1. The third-order valence-electron chi connectivity index (χ3n) is 6.98. The largest absolute Gasteiger partial charge is 0.444 e. The summed E-state index contributed by atoms with van der Waals surface area (Å²) in [6.45, 7) is 5.22. The molecule has 4 aromatic rings. The summed E-state index contributed by atoms with van der Waals surface area (Å²) < 4.78 is 5.36. The number of carbonyl (C=O) groups is 1. The molecule has 1 amide bonds. The molecule has 1 heterocycles. The first-order valence-electron chi connectivity index (χ1n) is 12.6. The second-order valence-corrected chi connectivity index (χ2v) is 9.83. The van der Waals surface area contributed by atoms with E-state index < -0.39 is 11.7 Å². The predicted octanol–water partition coefficient (Wildman–Crippen LogP) is 6.34. The lowest BCUT2D eigenvalue weighted by molar-refractivity contribution is -0.117. The van der Waals surface area contributed by atoms with Crippen LogP contribution in [0.4, 0.5) is 10.5 Å². The fourth-order valence-electron chi connectivity index (χ4n) is 5.50. The smallest absolute Gasteiger partial charge is 0.411 e. The van der Waals surface area contributed by atoms with E-state index in [1.54, 1.807) is 0 Å². The van der Waals surface area contributed by atoms with Gasteiger partial charge in [-0.2, -0.15) is 0 Å². The molecule has 4 aromatic carbocycles. The highest BCUT2D eigenvalue weighted by molar-refractivity contribution is 5.85. The number of benzene rings is 4. The first-order chi connectivity index (χ1) is 17.9. The molecular formula is C32H32N2O3. The molecule has 0 atom stereocenters. The molecule has 5 nitrogen and oxygen atoms in total. The molecule has 0 unspecified atom stereocenters. The summed E-state index contributed by atoms with van der Waals surface area (Å²) in [6.07, 6.45) is -0.502. The molecule has 188 valence electrons. The normalized spacial score (nSPS) is 14.7. The van der Waals surface area contributed by atoms with E-state index in [0.29, 0.717) is 18.8 Å². The number of hydrogen-bond donors (Lipinski definition) is 2. The number of likely N-dealkylation sites (tertiary alicyclic amines) is 1. The van der Waals surface area contributed by atoms with Gasteiger partial charge in [0.1, 0.15) is 12.2 Å². The predicted molar refractivity (Wildman–Crippen MR) is 146 cm³/mol. The van der Waals surface area contributed by atoms with Gasteiger partial charge in [0, 0.05) is 18.8 Å². The number of aryl methyl sites for hydroxylation is 2. The fourth-order valence-corrected chi connectivity index (χ4v) is 5.50. The van der Waals surface area contributed by atoms with Crippen LogP contribution in [0.2, 0.25) is 0 Å². The van der Waals surface area contributed by atoms with E-state index in [9.17, 15) is 9.90 Å². The number of rotatable bonds is 7. The number of nitrogens with one attached hydrogen (secondary N) is 1. The molecule has 0 aliphatic carbocycles. The van der Waals surface area contributed by atoms with Crippen molar-refractivity contribution in [3.05, 3.63) is 137 Å². The third kappa shape index (κ3) is 5.43. The van der Waals surface area contributed by atoms with Crippen LogP contribution in [0, 0.1) is 13.8 Å². The van der Waals surface area contributed by atoms with Gasteiger partial charge in [-0.1, -0.05) is 91.0 Å². The summed E-state index contributed by atoms with van der Waals surface area (Å²) in [6, 6.07) is 34.3. The van der Waals surface area contributed by atoms with Crippen molar-refractivity contribution in [1.29, 1.82) is 0 Å². The van der Waals surface area contributed by atoms with Crippen molar-refractivity contribution >= 4 is 11.8 Å². The van der Waals surface area contributed by atoms with Gasteiger partial charge in [-0.25, -0.2) is 4.79 Å². The Bertz CT molecular complexity index is 1290. The van der Waals surface area contributed by atoms with Crippen LogP contribution in [0.5, 0.6) is 0 Å². The van der Waals surface area contributed by atoms with Gasteiger partial charge in [-0.15, -0.1) is 0 Å². The van der Waals surface area contributed by atoms with E-state index in [0.717, 1.165) is 22.3 Å². The van der Waals surface area contributed by atoms with Crippen LogP contribution in [0.3, 0.4) is 0 Å². The highest BCUT2D eigenvalue weighted by Crippen LogP contribution is 2.43. The van der Waals surface area contributed by atoms with Gasteiger partial charge in [-0.3, -0.25) is 10.2 Å². The number of anilines is 1. The minimum atomic E-state index is -0.956. The minimum absolute atomic E-state index is 0.0728. The van der Waals surface area contributed by atoms with Gasteiger partial charge >= 0.3 is 6.09 Å². The van der Waals surface area contributed by atoms with E-state index in [-0.39, 0.29) is 12.6 Å². The summed E-state index contributed by atoms with van der Waals surface area (Å²) in [7, 11) is 0. The summed E-state index contributed by atoms with van der Waals surface area (Å²) in [5.41, 5.74) is 5.85. The Hall–Kier alpha value is -3.93. The van der Waals surface area contributed by atoms with Crippen molar-refractivity contribution < 1.29 is 14.6 Å². The lowest BCUT2D eigenvalue weighted by Crippen LogP contribution is -2.60. The van der Waals surface area contributed by atoms with Gasteiger partial charge < -0.3 is 9.84 Å². The quantitative estimate of drug-likeness (QED) is 0.316. The number of aliphatic hydroxyl groups is 1. The van der Waals surface area contributed by atoms with Crippen LogP contribution in [-0.4, -0.2) is 29.2 Å². The molecule has 1 saturated heterocycles. The van der Waals surface area contributed by atoms with Crippen LogP contribution in [0.25, 0.3) is 0 Å². The van der Waals surface area contributed by atoms with Crippen molar-refractivity contribution in [2.24, 2.45) is 0 Å². The average Bonchev–Trinajstić information content (AvgIpc) is 2.88. The monoisotopic (exact) mass is 492 g/mol. The van der Waals surface area contributed by atoms with Crippen molar-refractivity contribution in [3.63, 3.8) is 0 Å². The maximum absolute atomic E-state index is 12.4. The highest BCUT2D eigenvalue weighted by atomic mass is 16.5. The van der Waals surface area contributed by atoms with E-state index in [4.69, 9.17) is 4.74 Å². The minimum Gasteiger partial charge on any atom is -0.444 e. The Labute approximate surface area is 218 Å². The van der Waals surface area contributed by atoms with E-state index in [1.165, 1.54) is 11.1 Å². The van der Waals surface area contributed by atoms with Crippen LogP contribution in [-0.2, 0) is 16.9 Å². The molecule has 1 aliphatic heterocycles. The summed E-state index contributed by atoms with van der Waals surface area (Å²) in [5.74, 6) is 0. The number of amides is 1. The van der Waals surface area contributed by atoms with E-state index >= 15 is 0 Å². The standard InChI is InChI=1S/C32H32N2O3/c1-23-18-28(33-31(35)37-20-25-12-6-3-7-13-25)19-24(2)29(23)32(36)21-34(22-32)30(26-14-8-4-9-15-26)27-16-10-5-11-17-27/h3-19,30,36H,20-22H2,1-2H3,(H,33,35). The zero-order valence-corrected chi connectivity index (χ0v) is 21.2. The number of nitrogens with zero attached hydrogens (tertiary/aromatic N) is 1. The molecule has 0 saturated carbocycles. The van der Waals surface area contributed by atoms with Crippen LogP contribution in [0.1, 0.15) is 39.4 Å². The molecule has 37 heavy (non-hydrogen) atoms. The Morgan fingerprint density at radius 1 is 0.865 bits per heavy atom. The summed E-state index contributed by atoms with van der Waals surface area (Å²) >= 11 is 0. The fraction of sp³-hybridized carbons (Fsp3) is 0.219. The maximum Gasteiger partial charge on any atom is 0.411 e. The third-order valence-corrected chi connectivity index (χ3v) is 6.98. The summed E-state index contributed by atoms with van der Waals surface area (Å²) in [4.78, 5) is 14.7. The second-order valence-electron chi connectivity index (χ2n) is 9.83. The van der Waals surface area contributed by atoms with Gasteiger partial charge in [0.15, 0.2) is 0 Å². The average molecular weight is 493 g/mol. The number of hydrogen-bond acceptors (Lipinski definition) is 4. The zero-order valence-electron chi connectivity index (χ0n) is 21.2. The Balaban J connectivity index is 1.30. The topological polar surface area (TPSA) is 61.8 Å². The highest BCUT2D eigenvalue weighted by Gasteiger charge is 2.47. The number of β-amino-alcohol motifs (C(OH)–C–C–N with tert-alkyl or cyclic N) is 1. The lowest BCUT2D eigenvalue weighted by atomic mass is 9.78. The lowest BCUT2D eigenvalue weighted by Gasteiger charge is -2.51. The van der Waals surface area contributed by atoms with Gasteiger partial charge in [-0.05, 0) is 59.4 Å². The molecule has 1 aliphatic rings.